The van der Waals surface area contributed by atoms with E-state index in [4.69, 9.17) is 12.2 Å². The van der Waals surface area contributed by atoms with Crippen molar-refractivity contribution >= 4 is 5.91 Å². The van der Waals surface area contributed by atoms with Gasteiger partial charge in [0.15, 0.2) is 0 Å². The van der Waals surface area contributed by atoms with Crippen molar-refractivity contribution in [3.63, 3.8) is 0 Å². The Bertz CT molecular complexity index is 219. The van der Waals surface area contributed by atoms with Gasteiger partial charge in [0.05, 0.1) is 0 Å². The van der Waals surface area contributed by atoms with Crippen molar-refractivity contribution in [1.29, 1.82) is 0 Å². The SMILES string of the molecule is C#CCCC(=O)NC1CCCC1N. The molecule has 1 aliphatic carbocycles. The Hall–Kier alpha value is -1.01. The third-order valence-corrected chi connectivity index (χ3v) is 2.41. The van der Waals surface area contributed by atoms with Crippen LogP contribution in [0.4, 0.5) is 0 Å². The zero-order chi connectivity index (χ0) is 9.68. The Kier molecular flexibility index (Phi) is 3.78. The van der Waals surface area contributed by atoms with Gasteiger partial charge in [-0.1, -0.05) is 0 Å². The molecule has 1 amide bonds. The topological polar surface area (TPSA) is 55.1 Å². The molecule has 3 nitrogen and oxygen atoms in total. The van der Waals surface area contributed by atoms with Crippen LogP contribution < -0.4 is 11.1 Å². The van der Waals surface area contributed by atoms with Gasteiger partial charge in [-0.15, -0.1) is 12.3 Å². The molecule has 1 fully saturated rings. The number of carbonyl (C=O) groups is 1. The fourth-order valence-electron chi connectivity index (χ4n) is 1.63. The molecule has 3 heteroatoms. The molecule has 1 aliphatic rings. The average molecular weight is 180 g/mol. The minimum absolute atomic E-state index is 0.0281. The van der Waals surface area contributed by atoms with Gasteiger partial charge in [-0.05, 0) is 19.3 Å². The predicted octanol–water partition coefficient (Wildman–Crippen LogP) is 0.396. The molecule has 2 atom stereocenters. The highest BCUT2D eigenvalue weighted by molar-refractivity contribution is 5.76. The fraction of sp³-hybridized carbons (Fsp3) is 0.700. The van der Waals surface area contributed by atoms with E-state index in [0.29, 0.717) is 12.8 Å². The van der Waals surface area contributed by atoms with Crippen LogP contribution in [-0.2, 0) is 4.79 Å². The summed E-state index contributed by atoms with van der Waals surface area (Å²) in [6, 6.07) is 0.306. The molecule has 0 aromatic carbocycles. The van der Waals surface area contributed by atoms with Crippen LogP contribution in [0.15, 0.2) is 0 Å². The van der Waals surface area contributed by atoms with Crippen LogP contribution in [0.5, 0.6) is 0 Å². The van der Waals surface area contributed by atoms with E-state index in [1.54, 1.807) is 0 Å². The fourth-order valence-corrected chi connectivity index (χ4v) is 1.63. The quantitative estimate of drug-likeness (QED) is 0.617. The monoisotopic (exact) mass is 180 g/mol. The van der Waals surface area contributed by atoms with Gasteiger partial charge in [0.2, 0.25) is 5.91 Å². The molecule has 0 heterocycles. The second kappa shape index (κ2) is 4.88. The van der Waals surface area contributed by atoms with E-state index in [1.807, 2.05) is 0 Å². The summed E-state index contributed by atoms with van der Waals surface area (Å²) in [5, 5.41) is 2.90. The van der Waals surface area contributed by atoms with Crippen LogP contribution >= 0.6 is 0 Å². The second-order valence-corrected chi connectivity index (χ2v) is 3.47. The number of nitrogens with one attached hydrogen (secondary N) is 1. The smallest absolute Gasteiger partial charge is 0.221 e. The molecule has 0 bridgehead atoms. The van der Waals surface area contributed by atoms with Gasteiger partial charge < -0.3 is 11.1 Å². The maximum atomic E-state index is 11.2. The van der Waals surface area contributed by atoms with Crippen LogP contribution in [0, 0.1) is 12.3 Å². The molecular formula is C10H16N2O. The summed E-state index contributed by atoms with van der Waals surface area (Å²) < 4.78 is 0. The molecule has 1 rings (SSSR count). The van der Waals surface area contributed by atoms with E-state index in [0.717, 1.165) is 19.3 Å². The molecule has 0 radical (unpaired) electrons. The van der Waals surface area contributed by atoms with Crippen molar-refractivity contribution < 1.29 is 4.79 Å². The standard InChI is InChI=1S/C10H16N2O/c1-2-3-7-10(13)12-9-6-4-5-8(9)11/h1,8-9H,3-7,11H2,(H,12,13). The van der Waals surface area contributed by atoms with Gasteiger partial charge in [-0.3, -0.25) is 4.79 Å². The highest BCUT2D eigenvalue weighted by atomic mass is 16.1. The average Bonchev–Trinajstić information content (AvgIpc) is 2.48. The van der Waals surface area contributed by atoms with Crippen molar-refractivity contribution in [2.24, 2.45) is 5.73 Å². The predicted molar refractivity (Wildman–Crippen MR) is 51.8 cm³/mol. The van der Waals surface area contributed by atoms with Gasteiger partial charge in [-0.2, -0.15) is 0 Å². The zero-order valence-corrected chi connectivity index (χ0v) is 7.75. The highest BCUT2D eigenvalue weighted by Crippen LogP contribution is 2.16. The van der Waals surface area contributed by atoms with Crippen LogP contribution in [0.3, 0.4) is 0 Å². The van der Waals surface area contributed by atoms with Crippen molar-refractivity contribution in [2.45, 2.75) is 44.2 Å². The molecule has 2 unspecified atom stereocenters. The molecule has 0 spiro atoms. The van der Waals surface area contributed by atoms with Crippen LogP contribution in [-0.4, -0.2) is 18.0 Å². The Morgan fingerprint density at radius 1 is 1.62 bits per heavy atom. The summed E-state index contributed by atoms with van der Waals surface area (Å²) in [6.07, 6.45) is 9.11. The number of rotatable bonds is 3. The Balaban J connectivity index is 2.24. The third kappa shape index (κ3) is 3.08. The van der Waals surface area contributed by atoms with Gasteiger partial charge >= 0.3 is 0 Å². The largest absolute Gasteiger partial charge is 0.352 e. The first-order chi connectivity index (χ1) is 6.24. The molecule has 1 saturated carbocycles. The second-order valence-electron chi connectivity index (χ2n) is 3.47. The lowest BCUT2D eigenvalue weighted by Gasteiger charge is -2.16. The van der Waals surface area contributed by atoms with Crippen molar-refractivity contribution in [1.82, 2.24) is 5.32 Å². The summed E-state index contributed by atoms with van der Waals surface area (Å²) >= 11 is 0. The number of amides is 1. The normalized spacial score (nSPS) is 26.8. The molecular weight excluding hydrogens is 164 g/mol. The van der Waals surface area contributed by atoms with Gasteiger partial charge in [-0.25, -0.2) is 0 Å². The highest BCUT2D eigenvalue weighted by Gasteiger charge is 2.24. The number of nitrogens with two attached hydrogens (primary N) is 1. The van der Waals surface area contributed by atoms with Crippen LogP contribution in [0.1, 0.15) is 32.1 Å². The van der Waals surface area contributed by atoms with E-state index in [-0.39, 0.29) is 18.0 Å². The summed E-state index contributed by atoms with van der Waals surface area (Å²) in [7, 11) is 0. The lowest BCUT2D eigenvalue weighted by molar-refractivity contribution is -0.121. The zero-order valence-electron chi connectivity index (χ0n) is 7.75. The minimum atomic E-state index is 0.0281. The van der Waals surface area contributed by atoms with Gasteiger partial charge in [0.25, 0.3) is 0 Å². The molecule has 0 aliphatic heterocycles. The van der Waals surface area contributed by atoms with E-state index < -0.39 is 0 Å². The maximum Gasteiger partial charge on any atom is 0.221 e. The lowest BCUT2D eigenvalue weighted by atomic mass is 10.2. The van der Waals surface area contributed by atoms with E-state index in [2.05, 4.69) is 11.2 Å². The number of hydrogen-bond donors (Lipinski definition) is 2. The van der Waals surface area contributed by atoms with Crippen LogP contribution in [0.2, 0.25) is 0 Å². The van der Waals surface area contributed by atoms with E-state index >= 15 is 0 Å². The van der Waals surface area contributed by atoms with E-state index in [1.165, 1.54) is 0 Å². The summed E-state index contributed by atoms with van der Waals surface area (Å²) in [5.41, 5.74) is 5.80. The van der Waals surface area contributed by atoms with Crippen molar-refractivity contribution in [2.75, 3.05) is 0 Å². The number of terminal acetylenes is 1. The van der Waals surface area contributed by atoms with E-state index in [9.17, 15) is 4.79 Å². The van der Waals surface area contributed by atoms with Crippen LogP contribution in [0.25, 0.3) is 0 Å². The summed E-state index contributed by atoms with van der Waals surface area (Å²) in [5.74, 6) is 2.47. The first-order valence-corrected chi connectivity index (χ1v) is 4.72. The molecule has 0 aromatic rings. The van der Waals surface area contributed by atoms with Gasteiger partial charge in [0.1, 0.15) is 0 Å². The molecule has 72 valence electrons. The molecule has 0 aromatic heterocycles. The van der Waals surface area contributed by atoms with Gasteiger partial charge in [0, 0.05) is 24.9 Å². The Morgan fingerprint density at radius 2 is 2.38 bits per heavy atom. The molecule has 3 N–H and O–H groups in total. The first-order valence-electron chi connectivity index (χ1n) is 4.72. The minimum Gasteiger partial charge on any atom is -0.352 e. The van der Waals surface area contributed by atoms with Crippen molar-refractivity contribution in [3.8, 4) is 12.3 Å². The number of carbonyl (C=O) groups excluding carboxylic acids is 1. The van der Waals surface area contributed by atoms with Crippen molar-refractivity contribution in [3.05, 3.63) is 0 Å². The Morgan fingerprint density at radius 3 is 2.92 bits per heavy atom. The lowest BCUT2D eigenvalue weighted by Crippen LogP contribution is -2.43. The number of hydrogen-bond acceptors (Lipinski definition) is 2. The maximum absolute atomic E-state index is 11.2. The molecule has 0 saturated heterocycles. The Labute approximate surface area is 79.1 Å². The summed E-state index contributed by atoms with van der Waals surface area (Å²) in [4.78, 5) is 11.2. The summed E-state index contributed by atoms with van der Waals surface area (Å²) in [6.45, 7) is 0. The molecule has 13 heavy (non-hydrogen) atoms. The first kappa shape index (κ1) is 10.1. The third-order valence-electron chi connectivity index (χ3n) is 2.41.